The zero-order chi connectivity index (χ0) is 15.8. The highest BCUT2D eigenvalue weighted by molar-refractivity contribution is 5.80. The zero-order valence-electron chi connectivity index (χ0n) is 13.8. The van der Waals surface area contributed by atoms with Crippen molar-refractivity contribution in [2.45, 2.75) is 39.5 Å². The largest absolute Gasteiger partial charge is 0.494 e. The number of ether oxygens (including phenoxy) is 1. The highest BCUT2D eigenvalue weighted by Gasteiger charge is 2.15. The molecular formula is C18H28N2O2. The Hall–Kier alpha value is -1.71. The van der Waals surface area contributed by atoms with Crippen LogP contribution in [0.15, 0.2) is 24.3 Å². The van der Waals surface area contributed by atoms with Crippen LogP contribution >= 0.6 is 0 Å². The normalized spacial score (nSPS) is 15.0. The predicted molar refractivity (Wildman–Crippen MR) is 90.3 cm³/mol. The highest BCUT2D eigenvalue weighted by Crippen LogP contribution is 2.16. The summed E-state index contributed by atoms with van der Waals surface area (Å²) >= 11 is 0. The van der Waals surface area contributed by atoms with Gasteiger partial charge in [0.25, 0.3) is 0 Å². The average Bonchev–Trinajstić information content (AvgIpc) is 2.54. The second-order valence-corrected chi connectivity index (χ2v) is 6.35. The predicted octanol–water partition coefficient (Wildman–Crippen LogP) is 3.54. The van der Waals surface area contributed by atoms with Crippen LogP contribution in [0.3, 0.4) is 0 Å². The fraction of sp³-hybridized carbons (Fsp3) is 0.611. The first-order valence-electron chi connectivity index (χ1n) is 8.39. The molecule has 0 radical (unpaired) electrons. The fourth-order valence-corrected chi connectivity index (χ4v) is 2.51. The molecule has 0 atom stereocenters. The summed E-state index contributed by atoms with van der Waals surface area (Å²) in [5.74, 6) is 1.73. The minimum atomic E-state index is 0.192. The third-order valence-corrected chi connectivity index (χ3v) is 3.97. The van der Waals surface area contributed by atoms with Crippen molar-refractivity contribution in [2.75, 3.05) is 31.6 Å². The van der Waals surface area contributed by atoms with Gasteiger partial charge in [-0.25, -0.2) is 0 Å². The number of rotatable bonds is 7. The number of benzene rings is 1. The van der Waals surface area contributed by atoms with Gasteiger partial charge >= 0.3 is 0 Å². The van der Waals surface area contributed by atoms with E-state index >= 15 is 0 Å². The van der Waals surface area contributed by atoms with Crippen molar-refractivity contribution < 1.29 is 9.53 Å². The van der Waals surface area contributed by atoms with Gasteiger partial charge in [-0.3, -0.25) is 4.79 Å². The number of hydrogen-bond acceptors (Lipinski definition) is 3. The van der Waals surface area contributed by atoms with Gasteiger partial charge in [0.05, 0.1) is 13.2 Å². The molecule has 0 aromatic heterocycles. The van der Waals surface area contributed by atoms with Crippen molar-refractivity contribution in [3.05, 3.63) is 24.3 Å². The molecule has 0 aliphatic carbocycles. The van der Waals surface area contributed by atoms with E-state index in [1.54, 1.807) is 0 Å². The zero-order valence-corrected chi connectivity index (χ0v) is 13.8. The molecule has 0 bridgehead atoms. The fourth-order valence-electron chi connectivity index (χ4n) is 2.51. The third kappa shape index (κ3) is 5.58. The lowest BCUT2D eigenvalue weighted by Crippen LogP contribution is -2.39. The van der Waals surface area contributed by atoms with E-state index in [1.165, 1.54) is 6.42 Å². The van der Waals surface area contributed by atoms with E-state index in [-0.39, 0.29) is 5.91 Å². The summed E-state index contributed by atoms with van der Waals surface area (Å²) in [5.41, 5.74) is 0.960. The molecule has 4 nitrogen and oxygen atoms in total. The van der Waals surface area contributed by atoms with Gasteiger partial charge in [0, 0.05) is 18.8 Å². The Balaban J connectivity index is 1.72. The van der Waals surface area contributed by atoms with E-state index in [1.807, 2.05) is 29.2 Å². The van der Waals surface area contributed by atoms with Crippen LogP contribution < -0.4 is 10.1 Å². The number of hydrogen-bond donors (Lipinski definition) is 1. The average molecular weight is 304 g/mol. The summed E-state index contributed by atoms with van der Waals surface area (Å²) in [7, 11) is 0. The molecule has 1 saturated heterocycles. The third-order valence-electron chi connectivity index (χ3n) is 3.97. The Morgan fingerprint density at radius 3 is 2.50 bits per heavy atom. The smallest absolute Gasteiger partial charge is 0.241 e. The number of amides is 1. The van der Waals surface area contributed by atoms with Crippen LogP contribution in [0.5, 0.6) is 5.75 Å². The Labute approximate surface area is 133 Å². The van der Waals surface area contributed by atoms with Crippen LogP contribution in [0.4, 0.5) is 5.69 Å². The van der Waals surface area contributed by atoms with E-state index in [9.17, 15) is 4.79 Å². The molecule has 0 unspecified atom stereocenters. The lowest BCUT2D eigenvalue weighted by Gasteiger charge is -2.26. The van der Waals surface area contributed by atoms with Crippen molar-refractivity contribution in [1.82, 2.24) is 4.90 Å². The van der Waals surface area contributed by atoms with Crippen molar-refractivity contribution in [3.8, 4) is 5.75 Å². The molecule has 1 N–H and O–H groups in total. The van der Waals surface area contributed by atoms with Gasteiger partial charge < -0.3 is 15.0 Å². The molecule has 1 aliphatic rings. The van der Waals surface area contributed by atoms with Crippen molar-refractivity contribution >= 4 is 11.6 Å². The van der Waals surface area contributed by atoms with Gasteiger partial charge in [0.2, 0.25) is 5.91 Å². The molecule has 1 aliphatic heterocycles. The number of piperidine rings is 1. The minimum absolute atomic E-state index is 0.192. The molecule has 1 heterocycles. The minimum Gasteiger partial charge on any atom is -0.494 e. The van der Waals surface area contributed by atoms with Crippen LogP contribution in [0, 0.1) is 5.92 Å². The maximum atomic E-state index is 12.1. The summed E-state index contributed by atoms with van der Waals surface area (Å²) in [6, 6.07) is 7.84. The summed E-state index contributed by atoms with van der Waals surface area (Å²) in [6.07, 6.45) is 4.57. The van der Waals surface area contributed by atoms with Gasteiger partial charge in [0.1, 0.15) is 5.75 Å². The molecule has 122 valence electrons. The number of nitrogens with one attached hydrogen (secondary N) is 1. The molecule has 22 heavy (non-hydrogen) atoms. The van der Waals surface area contributed by atoms with Gasteiger partial charge in [-0.05, 0) is 55.9 Å². The van der Waals surface area contributed by atoms with Crippen LogP contribution in [-0.4, -0.2) is 37.0 Å². The Morgan fingerprint density at radius 1 is 1.18 bits per heavy atom. The maximum Gasteiger partial charge on any atom is 0.241 e. The van der Waals surface area contributed by atoms with E-state index in [0.29, 0.717) is 12.5 Å². The Morgan fingerprint density at radius 2 is 1.86 bits per heavy atom. The molecular weight excluding hydrogens is 276 g/mol. The molecule has 0 spiro atoms. The van der Waals surface area contributed by atoms with E-state index < -0.39 is 0 Å². The molecule has 0 saturated carbocycles. The van der Waals surface area contributed by atoms with Crippen molar-refractivity contribution in [2.24, 2.45) is 5.92 Å². The highest BCUT2D eigenvalue weighted by atomic mass is 16.5. The number of nitrogens with zero attached hydrogens (tertiary/aromatic N) is 1. The van der Waals surface area contributed by atoms with Gasteiger partial charge in [-0.2, -0.15) is 0 Å². The Bertz CT molecular complexity index is 451. The first kappa shape index (κ1) is 16.7. The number of anilines is 1. The molecule has 1 aromatic carbocycles. The molecule has 2 rings (SSSR count). The summed E-state index contributed by atoms with van der Waals surface area (Å²) in [4.78, 5) is 14.0. The second kappa shape index (κ2) is 8.66. The lowest BCUT2D eigenvalue weighted by atomic mass is 10.1. The van der Waals surface area contributed by atoms with Gasteiger partial charge in [-0.1, -0.05) is 13.8 Å². The lowest BCUT2D eigenvalue weighted by molar-refractivity contribution is -0.130. The van der Waals surface area contributed by atoms with Crippen LogP contribution in [0.1, 0.15) is 39.5 Å². The van der Waals surface area contributed by atoms with Crippen molar-refractivity contribution in [1.29, 1.82) is 0 Å². The van der Waals surface area contributed by atoms with Gasteiger partial charge in [0.15, 0.2) is 0 Å². The summed E-state index contributed by atoms with van der Waals surface area (Å²) in [5, 5.41) is 3.20. The van der Waals surface area contributed by atoms with Gasteiger partial charge in [-0.15, -0.1) is 0 Å². The quantitative estimate of drug-likeness (QED) is 0.838. The monoisotopic (exact) mass is 304 g/mol. The topological polar surface area (TPSA) is 41.6 Å². The molecule has 1 fully saturated rings. The molecule has 4 heteroatoms. The van der Waals surface area contributed by atoms with E-state index in [0.717, 1.165) is 50.4 Å². The van der Waals surface area contributed by atoms with Crippen molar-refractivity contribution in [3.63, 3.8) is 0 Å². The molecule has 1 aromatic rings. The maximum absolute atomic E-state index is 12.1. The van der Waals surface area contributed by atoms with E-state index in [4.69, 9.17) is 4.74 Å². The summed E-state index contributed by atoms with van der Waals surface area (Å²) in [6.45, 7) is 7.31. The standard InChI is InChI=1S/C18H28N2O2/c1-15(2)10-13-22-17-8-6-16(7-9-17)19-14-18(21)20-11-4-3-5-12-20/h6-9,15,19H,3-5,10-14H2,1-2H3. The van der Waals surface area contributed by atoms with E-state index in [2.05, 4.69) is 19.2 Å². The first-order valence-corrected chi connectivity index (χ1v) is 8.39. The first-order chi connectivity index (χ1) is 10.6. The number of likely N-dealkylation sites (tertiary alicyclic amines) is 1. The van der Waals surface area contributed by atoms with Crippen LogP contribution in [0.2, 0.25) is 0 Å². The summed E-state index contributed by atoms with van der Waals surface area (Å²) < 4.78 is 5.69. The number of carbonyl (C=O) groups is 1. The second-order valence-electron chi connectivity index (χ2n) is 6.35. The SMILES string of the molecule is CC(C)CCOc1ccc(NCC(=O)N2CCCCC2)cc1. The number of carbonyl (C=O) groups excluding carboxylic acids is 1. The Kier molecular flexibility index (Phi) is 6.56. The van der Waals surface area contributed by atoms with Crippen LogP contribution in [-0.2, 0) is 4.79 Å². The van der Waals surface area contributed by atoms with Crippen LogP contribution in [0.25, 0.3) is 0 Å². The molecule has 1 amide bonds.